The number of morpholine rings is 1. The van der Waals surface area contributed by atoms with Crippen molar-refractivity contribution >= 4 is 35.0 Å². The molecule has 0 saturated carbocycles. The summed E-state index contributed by atoms with van der Waals surface area (Å²) in [5.74, 6) is 0.577. The topological polar surface area (TPSA) is 86.4 Å². The van der Waals surface area contributed by atoms with Gasteiger partial charge in [-0.15, -0.1) is 0 Å². The first-order valence-electron chi connectivity index (χ1n) is 9.64. The van der Waals surface area contributed by atoms with Crippen molar-refractivity contribution in [2.45, 2.75) is 13.0 Å². The fourth-order valence-corrected chi connectivity index (χ4v) is 3.95. The molecule has 0 spiro atoms. The predicted octanol–water partition coefficient (Wildman–Crippen LogP) is 4.54. The van der Waals surface area contributed by atoms with Gasteiger partial charge in [-0.1, -0.05) is 23.2 Å². The lowest BCUT2D eigenvalue weighted by Gasteiger charge is -2.26. The lowest BCUT2D eigenvalue weighted by atomic mass is 10.1. The molecule has 0 aliphatic carbocycles. The molecule has 1 aromatic carbocycles. The molecule has 0 amide bonds. The molecule has 7 nitrogen and oxygen atoms in total. The molecule has 2 aromatic heterocycles. The van der Waals surface area contributed by atoms with Gasteiger partial charge in [0.05, 0.1) is 18.2 Å². The fourth-order valence-electron chi connectivity index (χ4n) is 3.27. The van der Waals surface area contributed by atoms with E-state index in [4.69, 9.17) is 38.4 Å². The number of halogens is 3. The Bertz CT molecular complexity index is 1080. The Balaban J connectivity index is 1.57. The highest BCUT2D eigenvalue weighted by Crippen LogP contribution is 2.36. The summed E-state index contributed by atoms with van der Waals surface area (Å²) in [6.45, 7) is 4.53. The monoisotopic (exact) mass is 463 g/mol. The largest absolute Gasteiger partial charge is 0.482 e. The number of rotatable bonds is 5. The average Bonchev–Trinajstić information content (AvgIpc) is 2.79. The Kier molecular flexibility index (Phi) is 6.41. The number of hydrogen-bond acceptors (Lipinski definition) is 7. The molecule has 1 saturated heterocycles. The molecule has 0 radical (unpaired) electrons. The zero-order valence-corrected chi connectivity index (χ0v) is 18.2. The van der Waals surface area contributed by atoms with Crippen molar-refractivity contribution in [2.75, 3.05) is 36.9 Å². The maximum atomic E-state index is 13.9. The van der Waals surface area contributed by atoms with Crippen molar-refractivity contribution in [3.63, 3.8) is 0 Å². The lowest BCUT2D eigenvalue weighted by molar-refractivity contribution is 0.122. The summed E-state index contributed by atoms with van der Waals surface area (Å²) in [6.07, 6.45) is 4.40. The van der Waals surface area contributed by atoms with E-state index in [1.54, 1.807) is 31.6 Å². The van der Waals surface area contributed by atoms with Gasteiger partial charge in [0.1, 0.15) is 11.9 Å². The summed E-state index contributed by atoms with van der Waals surface area (Å²) in [6, 6.07) is 4.37. The minimum atomic E-state index is -0.657. The SMILES string of the molecule is C[C@@H](Oc1cc(-c2cnc(N3CCOCC3)nc2)cnc1N)c1c(Cl)ccc(F)c1Cl. The van der Waals surface area contributed by atoms with Gasteiger partial charge < -0.3 is 20.1 Å². The van der Waals surface area contributed by atoms with Gasteiger partial charge in [-0.05, 0) is 25.1 Å². The molecule has 2 N–H and O–H groups in total. The van der Waals surface area contributed by atoms with E-state index in [1.807, 2.05) is 0 Å². The number of aromatic nitrogens is 3. The van der Waals surface area contributed by atoms with Crippen LogP contribution in [0.2, 0.25) is 10.0 Å². The molecule has 3 heterocycles. The van der Waals surface area contributed by atoms with Crippen LogP contribution in [0.15, 0.2) is 36.8 Å². The molecule has 1 atom stereocenters. The smallest absolute Gasteiger partial charge is 0.225 e. The van der Waals surface area contributed by atoms with Crippen LogP contribution < -0.4 is 15.4 Å². The predicted molar refractivity (Wildman–Crippen MR) is 118 cm³/mol. The summed E-state index contributed by atoms with van der Waals surface area (Å²) >= 11 is 12.3. The number of pyridine rings is 1. The number of anilines is 2. The molecule has 3 aromatic rings. The highest BCUT2D eigenvalue weighted by Gasteiger charge is 2.20. The van der Waals surface area contributed by atoms with Gasteiger partial charge in [-0.25, -0.2) is 19.3 Å². The van der Waals surface area contributed by atoms with Gasteiger partial charge in [0.25, 0.3) is 0 Å². The third-order valence-electron chi connectivity index (χ3n) is 4.94. The normalized spacial score (nSPS) is 15.0. The molecule has 0 bridgehead atoms. The van der Waals surface area contributed by atoms with E-state index in [9.17, 15) is 4.39 Å². The Morgan fingerprint density at radius 2 is 1.77 bits per heavy atom. The quantitative estimate of drug-likeness (QED) is 0.555. The number of nitrogens with two attached hydrogens (primary N) is 1. The number of ether oxygens (including phenoxy) is 2. The van der Waals surface area contributed by atoms with E-state index in [1.165, 1.54) is 12.1 Å². The summed E-state index contributed by atoms with van der Waals surface area (Å²) in [4.78, 5) is 15.2. The van der Waals surface area contributed by atoms with Crippen molar-refractivity contribution in [1.29, 1.82) is 0 Å². The first kappa shape index (κ1) is 21.5. The highest BCUT2D eigenvalue weighted by atomic mass is 35.5. The minimum absolute atomic E-state index is 0.0882. The molecule has 1 aliphatic heterocycles. The Labute approximate surface area is 188 Å². The van der Waals surface area contributed by atoms with Gasteiger partial charge in [0.2, 0.25) is 5.95 Å². The molecule has 31 heavy (non-hydrogen) atoms. The van der Waals surface area contributed by atoms with E-state index < -0.39 is 11.9 Å². The number of nitrogens with zero attached hydrogens (tertiary/aromatic N) is 4. The van der Waals surface area contributed by atoms with Gasteiger partial charge in [-0.3, -0.25) is 0 Å². The van der Waals surface area contributed by atoms with Crippen LogP contribution in [0.4, 0.5) is 16.2 Å². The number of benzene rings is 1. The zero-order valence-electron chi connectivity index (χ0n) is 16.7. The van der Waals surface area contributed by atoms with Gasteiger partial charge >= 0.3 is 0 Å². The second kappa shape index (κ2) is 9.21. The Morgan fingerprint density at radius 3 is 2.48 bits per heavy atom. The van der Waals surface area contributed by atoms with E-state index in [2.05, 4.69) is 19.9 Å². The summed E-state index contributed by atoms with van der Waals surface area (Å²) in [5.41, 5.74) is 7.81. The average molecular weight is 464 g/mol. The van der Waals surface area contributed by atoms with E-state index in [0.29, 0.717) is 35.5 Å². The van der Waals surface area contributed by atoms with E-state index in [0.717, 1.165) is 24.2 Å². The molecular weight excluding hydrogens is 444 g/mol. The molecule has 0 unspecified atom stereocenters. The van der Waals surface area contributed by atoms with Gasteiger partial charge in [0, 0.05) is 53.4 Å². The summed E-state index contributed by atoms with van der Waals surface area (Å²) < 4.78 is 25.2. The third-order valence-corrected chi connectivity index (χ3v) is 5.65. The van der Waals surface area contributed by atoms with E-state index >= 15 is 0 Å². The van der Waals surface area contributed by atoms with Crippen LogP contribution in [0, 0.1) is 5.82 Å². The van der Waals surface area contributed by atoms with E-state index in [-0.39, 0.29) is 10.8 Å². The third kappa shape index (κ3) is 4.66. The fraction of sp³-hybridized carbons (Fsp3) is 0.286. The molecular formula is C21H20Cl2FN5O2. The van der Waals surface area contributed by atoms with Crippen LogP contribution in [-0.2, 0) is 4.74 Å². The van der Waals surface area contributed by atoms with Crippen LogP contribution in [0.3, 0.4) is 0 Å². The summed E-state index contributed by atoms with van der Waals surface area (Å²) in [5, 5.41) is 0.212. The summed E-state index contributed by atoms with van der Waals surface area (Å²) in [7, 11) is 0. The molecule has 162 valence electrons. The van der Waals surface area contributed by atoms with Crippen molar-refractivity contribution in [2.24, 2.45) is 0 Å². The zero-order chi connectivity index (χ0) is 22.0. The Hall–Kier alpha value is -2.68. The first-order valence-corrected chi connectivity index (χ1v) is 10.4. The van der Waals surface area contributed by atoms with Crippen molar-refractivity contribution in [3.05, 3.63) is 58.2 Å². The van der Waals surface area contributed by atoms with Crippen molar-refractivity contribution < 1.29 is 13.9 Å². The minimum Gasteiger partial charge on any atom is -0.482 e. The van der Waals surface area contributed by atoms with Crippen LogP contribution in [0.1, 0.15) is 18.6 Å². The van der Waals surface area contributed by atoms with Crippen LogP contribution in [0.25, 0.3) is 11.1 Å². The van der Waals surface area contributed by atoms with Crippen molar-refractivity contribution in [1.82, 2.24) is 15.0 Å². The Morgan fingerprint density at radius 1 is 1.10 bits per heavy atom. The maximum Gasteiger partial charge on any atom is 0.225 e. The van der Waals surface area contributed by atoms with Crippen LogP contribution in [-0.4, -0.2) is 41.3 Å². The lowest BCUT2D eigenvalue weighted by Crippen LogP contribution is -2.37. The molecule has 1 fully saturated rings. The van der Waals surface area contributed by atoms with Crippen LogP contribution >= 0.6 is 23.2 Å². The first-order chi connectivity index (χ1) is 14.9. The second-order valence-electron chi connectivity index (χ2n) is 7.00. The number of hydrogen-bond donors (Lipinski definition) is 1. The maximum absolute atomic E-state index is 13.9. The second-order valence-corrected chi connectivity index (χ2v) is 7.78. The molecule has 4 rings (SSSR count). The highest BCUT2D eigenvalue weighted by molar-refractivity contribution is 6.36. The molecule has 1 aliphatic rings. The molecule has 10 heteroatoms. The van der Waals surface area contributed by atoms with Gasteiger partial charge in [0.15, 0.2) is 11.6 Å². The van der Waals surface area contributed by atoms with Crippen molar-refractivity contribution in [3.8, 4) is 16.9 Å². The van der Waals surface area contributed by atoms with Gasteiger partial charge in [-0.2, -0.15) is 0 Å². The number of nitrogen functional groups attached to an aromatic ring is 1. The standard InChI is InChI=1S/C21H20Cl2FN5O2/c1-12(18-15(22)2-3-16(24)19(18)23)31-17-8-13(9-26-20(17)25)14-10-27-21(28-11-14)29-4-6-30-7-5-29/h2-3,8-12H,4-7H2,1H3,(H2,25,26)/t12-/m1/s1. The van der Waals surface area contributed by atoms with Crippen LogP contribution in [0.5, 0.6) is 5.75 Å².